The lowest BCUT2D eigenvalue weighted by Crippen LogP contribution is -1.98. The zero-order chi connectivity index (χ0) is 12.4. The van der Waals surface area contributed by atoms with Crippen LogP contribution < -0.4 is 5.73 Å². The van der Waals surface area contributed by atoms with Gasteiger partial charge in [0.2, 0.25) is 0 Å². The van der Waals surface area contributed by atoms with Crippen molar-refractivity contribution in [3.8, 4) is 11.1 Å². The Balaban J connectivity index is 2.59. The molecule has 0 aliphatic rings. The maximum Gasteiger partial charge on any atom is 0.131 e. The molecule has 0 amide bonds. The first-order valence-electron chi connectivity index (χ1n) is 5.68. The van der Waals surface area contributed by atoms with Gasteiger partial charge in [0.25, 0.3) is 0 Å². The average molecular weight is 229 g/mol. The van der Waals surface area contributed by atoms with Crippen LogP contribution in [0.2, 0.25) is 0 Å². The van der Waals surface area contributed by atoms with Gasteiger partial charge in [0.15, 0.2) is 0 Å². The molecular formula is C15H16FN. The average Bonchev–Trinajstić information content (AvgIpc) is 2.30. The number of nitrogens with two attached hydrogens (primary N) is 1. The van der Waals surface area contributed by atoms with Gasteiger partial charge in [-0.15, -0.1) is 0 Å². The first-order chi connectivity index (χ1) is 8.11. The van der Waals surface area contributed by atoms with E-state index in [4.69, 9.17) is 5.73 Å². The van der Waals surface area contributed by atoms with Gasteiger partial charge in [-0.05, 0) is 42.7 Å². The van der Waals surface area contributed by atoms with E-state index in [1.54, 1.807) is 6.07 Å². The summed E-state index contributed by atoms with van der Waals surface area (Å²) in [6, 6.07) is 11.1. The fourth-order valence-electron chi connectivity index (χ4n) is 2.02. The molecular weight excluding hydrogens is 213 g/mol. The highest BCUT2D eigenvalue weighted by atomic mass is 19.1. The predicted molar refractivity (Wildman–Crippen MR) is 69.2 cm³/mol. The maximum atomic E-state index is 13.8. The van der Waals surface area contributed by atoms with Crippen molar-refractivity contribution in [2.45, 2.75) is 20.4 Å². The van der Waals surface area contributed by atoms with Crippen LogP contribution in [0.1, 0.15) is 16.7 Å². The molecule has 0 aliphatic carbocycles. The largest absolute Gasteiger partial charge is 0.326 e. The number of aryl methyl sites for hydroxylation is 2. The summed E-state index contributed by atoms with van der Waals surface area (Å²) in [5, 5.41) is 0. The first-order valence-corrected chi connectivity index (χ1v) is 5.68. The highest BCUT2D eigenvalue weighted by Gasteiger charge is 2.08. The molecule has 2 aromatic carbocycles. The molecule has 88 valence electrons. The molecule has 0 unspecified atom stereocenters. The first kappa shape index (κ1) is 11.8. The van der Waals surface area contributed by atoms with Gasteiger partial charge in [0, 0.05) is 12.1 Å². The van der Waals surface area contributed by atoms with Gasteiger partial charge in [-0.25, -0.2) is 4.39 Å². The summed E-state index contributed by atoms with van der Waals surface area (Å²) in [5.74, 6) is -0.200. The second kappa shape index (κ2) is 4.68. The van der Waals surface area contributed by atoms with Crippen LogP contribution in [-0.2, 0) is 6.54 Å². The number of benzene rings is 2. The molecule has 0 saturated heterocycles. The van der Waals surface area contributed by atoms with E-state index in [1.165, 1.54) is 11.6 Å². The Labute approximate surface area is 101 Å². The second-order valence-electron chi connectivity index (χ2n) is 4.34. The maximum absolute atomic E-state index is 13.8. The van der Waals surface area contributed by atoms with E-state index in [2.05, 4.69) is 6.07 Å². The number of halogens is 1. The molecule has 0 aliphatic heterocycles. The summed E-state index contributed by atoms with van der Waals surface area (Å²) >= 11 is 0. The van der Waals surface area contributed by atoms with Crippen LogP contribution in [0.3, 0.4) is 0 Å². The Morgan fingerprint density at radius 3 is 2.41 bits per heavy atom. The third-order valence-electron chi connectivity index (χ3n) is 2.94. The fourth-order valence-corrected chi connectivity index (χ4v) is 2.02. The van der Waals surface area contributed by atoms with E-state index >= 15 is 0 Å². The molecule has 2 N–H and O–H groups in total. The number of hydrogen-bond acceptors (Lipinski definition) is 1. The summed E-state index contributed by atoms with van der Waals surface area (Å²) in [6.07, 6.45) is 0. The Kier molecular flexibility index (Phi) is 3.25. The van der Waals surface area contributed by atoms with Crippen LogP contribution >= 0.6 is 0 Å². The number of rotatable bonds is 2. The predicted octanol–water partition coefficient (Wildman–Crippen LogP) is 3.57. The van der Waals surface area contributed by atoms with Crippen LogP contribution in [0.5, 0.6) is 0 Å². The summed E-state index contributed by atoms with van der Waals surface area (Å²) in [5.41, 5.74) is 10.4. The van der Waals surface area contributed by atoms with E-state index < -0.39 is 0 Å². The van der Waals surface area contributed by atoms with Gasteiger partial charge in [0.05, 0.1) is 0 Å². The summed E-state index contributed by atoms with van der Waals surface area (Å²) in [7, 11) is 0. The molecule has 2 aromatic rings. The van der Waals surface area contributed by atoms with Gasteiger partial charge in [-0.1, -0.05) is 29.8 Å². The topological polar surface area (TPSA) is 26.0 Å². The van der Waals surface area contributed by atoms with E-state index in [0.717, 1.165) is 16.7 Å². The molecule has 0 aromatic heterocycles. The Morgan fingerprint density at radius 2 is 1.76 bits per heavy atom. The van der Waals surface area contributed by atoms with E-state index in [9.17, 15) is 4.39 Å². The quantitative estimate of drug-likeness (QED) is 0.837. The summed E-state index contributed by atoms with van der Waals surface area (Å²) in [4.78, 5) is 0. The second-order valence-corrected chi connectivity index (χ2v) is 4.34. The van der Waals surface area contributed by atoms with Gasteiger partial charge in [-0.3, -0.25) is 0 Å². The molecule has 1 nitrogen and oxygen atoms in total. The molecule has 2 rings (SSSR count). The van der Waals surface area contributed by atoms with Crippen molar-refractivity contribution in [2.75, 3.05) is 0 Å². The Bertz CT molecular complexity index is 547. The lowest BCUT2D eigenvalue weighted by molar-refractivity contribution is 0.630. The molecule has 0 fully saturated rings. The third kappa shape index (κ3) is 2.37. The zero-order valence-corrected chi connectivity index (χ0v) is 10.1. The summed E-state index contributed by atoms with van der Waals surface area (Å²) in [6.45, 7) is 4.46. The highest BCUT2D eigenvalue weighted by molar-refractivity contribution is 5.68. The van der Waals surface area contributed by atoms with Crippen LogP contribution in [0, 0.1) is 19.7 Å². The molecule has 0 saturated carbocycles. The van der Waals surface area contributed by atoms with E-state index in [1.807, 2.05) is 32.0 Å². The monoisotopic (exact) mass is 229 g/mol. The zero-order valence-electron chi connectivity index (χ0n) is 10.1. The standard InChI is InChI=1S/C15H16FN/c1-10-3-5-13(11(2)7-10)14-8-12(9-17)4-6-15(14)16/h3-8H,9,17H2,1-2H3. The van der Waals surface area contributed by atoms with Gasteiger partial charge in [-0.2, -0.15) is 0 Å². The molecule has 17 heavy (non-hydrogen) atoms. The minimum atomic E-state index is -0.200. The SMILES string of the molecule is Cc1ccc(-c2cc(CN)ccc2F)c(C)c1. The van der Waals surface area contributed by atoms with Crippen molar-refractivity contribution in [3.05, 3.63) is 58.9 Å². The third-order valence-corrected chi connectivity index (χ3v) is 2.94. The van der Waals surface area contributed by atoms with E-state index in [-0.39, 0.29) is 5.82 Å². The number of hydrogen-bond donors (Lipinski definition) is 1. The molecule has 0 atom stereocenters. The van der Waals surface area contributed by atoms with Gasteiger partial charge in [0.1, 0.15) is 5.82 Å². The smallest absolute Gasteiger partial charge is 0.131 e. The van der Waals surface area contributed by atoms with Crippen LogP contribution in [0.4, 0.5) is 4.39 Å². The lowest BCUT2D eigenvalue weighted by atomic mass is 9.97. The highest BCUT2D eigenvalue weighted by Crippen LogP contribution is 2.27. The van der Waals surface area contributed by atoms with Crippen molar-refractivity contribution < 1.29 is 4.39 Å². The Morgan fingerprint density at radius 1 is 1.00 bits per heavy atom. The minimum Gasteiger partial charge on any atom is -0.326 e. The minimum absolute atomic E-state index is 0.200. The normalized spacial score (nSPS) is 10.6. The van der Waals surface area contributed by atoms with Crippen molar-refractivity contribution in [3.63, 3.8) is 0 Å². The van der Waals surface area contributed by atoms with Crippen molar-refractivity contribution in [1.82, 2.24) is 0 Å². The van der Waals surface area contributed by atoms with Gasteiger partial charge >= 0.3 is 0 Å². The van der Waals surface area contributed by atoms with Gasteiger partial charge < -0.3 is 5.73 Å². The molecule has 2 heteroatoms. The Hall–Kier alpha value is -1.67. The van der Waals surface area contributed by atoms with Crippen LogP contribution in [0.15, 0.2) is 36.4 Å². The molecule has 0 heterocycles. The molecule has 0 radical (unpaired) electrons. The lowest BCUT2D eigenvalue weighted by Gasteiger charge is -2.09. The van der Waals surface area contributed by atoms with Crippen LogP contribution in [-0.4, -0.2) is 0 Å². The molecule has 0 bridgehead atoms. The van der Waals surface area contributed by atoms with Crippen molar-refractivity contribution in [1.29, 1.82) is 0 Å². The summed E-state index contributed by atoms with van der Waals surface area (Å²) < 4.78 is 13.8. The van der Waals surface area contributed by atoms with Crippen molar-refractivity contribution in [2.24, 2.45) is 5.73 Å². The fraction of sp³-hybridized carbons (Fsp3) is 0.200. The van der Waals surface area contributed by atoms with Crippen LogP contribution in [0.25, 0.3) is 11.1 Å². The van der Waals surface area contributed by atoms with E-state index in [0.29, 0.717) is 12.1 Å². The molecule has 0 spiro atoms. The van der Waals surface area contributed by atoms with Crippen molar-refractivity contribution >= 4 is 0 Å².